The summed E-state index contributed by atoms with van der Waals surface area (Å²) in [5.74, 6) is 0.210. The number of hydrogen-bond acceptors (Lipinski definition) is 4. The summed E-state index contributed by atoms with van der Waals surface area (Å²) in [6.07, 6.45) is 0. The molecule has 0 radical (unpaired) electrons. The van der Waals surface area contributed by atoms with Gasteiger partial charge in [-0.25, -0.2) is 0 Å². The molecule has 2 aromatic rings. The highest BCUT2D eigenvalue weighted by molar-refractivity contribution is 7.84. The number of benzene rings is 2. The Kier molecular flexibility index (Phi) is 4.14. The molecule has 0 aliphatic rings. The van der Waals surface area contributed by atoms with E-state index in [0.29, 0.717) is 21.7 Å². The fourth-order valence-corrected chi connectivity index (χ4v) is 3.24. The van der Waals surface area contributed by atoms with E-state index in [9.17, 15) is 14.3 Å². The third kappa shape index (κ3) is 2.85. The topological polar surface area (TPSA) is 86.2 Å². The Morgan fingerprint density at radius 1 is 1.20 bits per heavy atom. The number of nitro groups is 1. The van der Waals surface area contributed by atoms with E-state index in [1.165, 1.54) is 6.07 Å². The molecule has 0 fully saturated rings. The second-order valence-corrected chi connectivity index (χ2v) is 5.77. The first kappa shape index (κ1) is 14.2. The van der Waals surface area contributed by atoms with Gasteiger partial charge in [0.2, 0.25) is 0 Å². The van der Waals surface area contributed by atoms with Gasteiger partial charge in [-0.1, -0.05) is 24.3 Å². The molecule has 0 heterocycles. The van der Waals surface area contributed by atoms with Crippen molar-refractivity contribution in [3.8, 4) is 0 Å². The highest BCUT2D eigenvalue weighted by Crippen LogP contribution is 2.25. The number of nitro benzene ring substituents is 1. The number of anilines is 1. The van der Waals surface area contributed by atoms with Crippen LogP contribution in [0.5, 0.6) is 0 Å². The monoisotopic (exact) mass is 290 g/mol. The number of nitrogens with two attached hydrogens (primary N) is 1. The van der Waals surface area contributed by atoms with Crippen LogP contribution in [0, 0.1) is 17.0 Å². The molecule has 5 nitrogen and oxygen atoms in total. The van der Waals surface area contributed by atoms with Crippen molar-refractivity contribution < 1.29 is 9.13 Å². The summed E-state index contributed by atoms with van der Waals surface area (Å²) < 4.78 is 12.3. The van der Waals surface area contributed by atoms with Crippen molar-refractivity contribution in [1.82, 2.24) is 0 Å². The van der Waals surface area contributed by atoms with Crippen LogP contribution in [0.4, 0.5) is 11.4 Å². The Labute approximate surface area is 119 Å². The van der Waals surface area contributed by atoms with Crippen molar-refractivity contribution in [2.45, 2.75) is 17.6 Å². The molecule has 0 saturated carbocycles. The number of para-hydroxylation sites is 1. The van der Waals surface area contributed by atoms with E-state index in [0.717, 1.165) is 0 Å². The minimum absolute atomic E-state index is 0.0422. The summed E-state index contributed by atoms with van der Waals surface area (Å²) in [6, 6.07) is 11.7. The third-order valence-electron chi connectivity index (χ3n) is 3.06. The lowest BCUT2D eigenvalue weighted by atomic mass is 10.1. The number of hydrogen-bond donors (Lipinski definition) is 1. The van der Waals surface area contributed by atoms with Crippen LogP contribution in [0.15, 0.2) is 47.4 Å². The minimum atomic E-state index is -1.33. The largest absolute Gasteiger partial charge is 0.398 e. The Morgan fingerprint density at radius 3 is 2.55 bits per heavy atom. The van der Waals surface area contributed by atoms with Crippen molar-refractivity contribution in [2.24, 2.45) is 0 Å². The normalized spacial score (nSPS) is 12.1. The van der Waals surface area contributed by atoms with Gasteiger partial charge in [0.1, 0.15) is 0 Å². The van der Waals surface area contributed by atoms with Crippen molar-refractivity contribution in [1.29, 1.82) is 0 Å². The molecular weight excluding hydrogens is 276 g/mol. The van der Waals surface area contributed by atoms with E-state index in [2.05, 4.69) is 0 Å². The van der Waals surface area contributed by atoms with Crippen molar-refractivity contribution >= 4 is 22.2 Å². The molecule has 0 aliphatic carbocycles. The summed E-state index contributed by atoms with van der Waals surface area (Å²) in [5, 5.41) is 10.9. The average Bonchev–Trinajstić information content (AvgIpc) is 2.41. The van der Waals surface area contributed by atoms with Gasteiger partial charge in [0.05, 0.1) is 26.4 Å². The van der Waals surface area contributed by atoms with E-state index >= 15 is 0 Å². The zero-order chi connectivity index (χ0) is 14.7. The summed E-state index contributed by atoms with van der Waals surface area (Å²) in [6.45, 7) is 1.67. The van der Waals surface area contributed by atoms with Crippen molar-refractivity contribution in [2.75, 3.05) is 5.73 Å². The van der Waals surface area contributed by atoms with Crippen LogP contribution in [-0.2, 0) is 16.6 Å². The number of rotatable bonds is 4. The number of nitrogen functional groups attached to an aromatic ring is 1. The first-order valence-corrected chi connectivity index (χ1v) is 7.28. The van der Waals surface area contributed by atoms with Crippen LogP contribution in [0.1, 0.15) is 11.1 Å². The zero-order valence-electron chi connectivity index (χ0n) is 10.9. The molecule has 104 valence electrons. The van der Waals surface area contributed by atoms with Gasteiger partial charge in [-0.3, -0.25) is 14.3 Å². The molecule has 0 aliphatic heterocycles. The Balaban J connectivity index is 2.32. The van der Waals surface area contributed by atoms with Crippen LogP contribution >= 0.6 is 0 Å². The van der Waals surface area contributed by atoms with Gasteiger partial charge in [0.25, 0.3) is 5.69 Å². The lowest BCUT2D eigenvalue weighted by Crippen LogP contribution is -2.03. The maximum Gasteiger partial charge on any atom is 0.272 e. The van der Waals surface area contributed by atoms with Crippen LogP contribution in [0.2, 0.25) is 0 Å². The fraction of sp³-hybridized carbons (Fsp3) is 0.143. The lowest BCUT2D eigenvalue weighted by Gasteiger charge is -2.08. The molecule has 0 amide bonds. The maximum atomic E-state index is 12.3. The first-order valence-electron chi connectivity index (χ1n) is 5.96. The molecule has 2 N–H and O–H groups in total. The van der Waals surface area contributed by atoms with Crippen LogP contribution < -0.4 is 5.73 Å². The van der Waals surface area contributed by atoms with Gasteiger partial charge in [0, 0.05) is 17.3 Å². The van der Waals surface area contributed by atoms with Gasteiger partial charge < -0.3 is 5.73 Å². The fourth-order valence-electron chi connectivity index (χ4n) is 1.93. The minimum Gasteiger partial charge on any atom is -0.398 e. The molecule has 1 unspecified atom stereocenters. The molecular formula is C14H14N2O3S. The predicted molar refractivity (Wildman–Crippen MR) is 78.8 cm³/mol. The van der Waals surface area contributed by atoms with Crippen molar-refractivity contribution in [3.05, 3.63) is 63.7 Å². The molecule has 0 bridgehead atoms. The van der Waals surface area contributed by atoms with E-state index in [1.807, 2.05) is 0 Å². The Bertz CT molecular complexity index is 686. The standard InChI is InChI=1S/C14H14N2O3S/c1-10-11(5-4-7-13(10)16(17)18)9-20(19)14-8-3-2-6-12(14)15/h2-8H,9,15H2,1H3. The average molecular weight is 290 g/mol. The highest BCUT2D eigenvalue weighted by Gasteiger charge is 2.16. The van der Waals surface area contributed by atoms with Crippen LogP contribution in [0.3, 0.4) is 0 Å². The second-order valence-electron chi connectivity index (χ2n) is 4.35. The summed E-state index contributed by atoms with van der Waals surface area (Å²) in [7, 11) is -1.33. The van der Waals surface area contributed by atoms with Crippen LogP contribution in [0.25, 0.3) is 0 Å². The highest BCUT2D eigenvalue weighted by atomic mass is 32.2. The maximum absolute atomic E-state index is 12.3. The summed E-state index contributed by atoms with van der Waals surface area (Å²) >= 11 is 0. The molecule has 0 aromatic heterocycles. The van der Waals surface area contributed by atoms with E-state index < -0.39 is 15.7 Å². The molecule has 0 spiro atoms. The smallest absolute Gasteiger partial charge is 0.272 e. The summed E-state index contributed by atoms with van der Waals surface area (Å²) in [5.41, 5.74) is 7.54. The van der Waals surface area contributed by atoms with E-state index in [-0.39, 0.29) is 11.4 Å². The molecule has 20 heavy (non-hydrogen) atoms. The summed E-state index contributed by atoms with van der Waals surface area (Å²) in [4.78, 5) is 11.0. The molecule has 6 heteroatoms. The zero-order valence-corrected chi connectivity index (χ0v) is 11.7. The van der Waals surface area contributed by atoms with Crippen molar-refractivity contribution in [3.63, 3.8) is 0 Å². The number of nitrogens with zero attached hydrogens (tertiary/aromatic N) is 1. The Morgan fingerprint density at radius 2 is 1.90 bits per heavy atom. The van der Waals surface area contributed by atoms with Gasteiger partial charge >= 0.3 is 0 Å². The lowest BCUT2D eigenvalue weighted by molar-refractivity contribution is -0.385. The van der Waals surface area contributed by atoms with Gasteiger partial charge in [-0.2, -0.15) is 0 Å². The first-order chi connectivity index (χ1) is 9.50. The predicted octanol–water partition coefficient (Wildman–Crippen LogP) is 2.79. The second kappa shape index (κ2) is 5.83. The molecule has 2 rings (SSSR count). The van der Waals surface area contributed by atoms with E-state index in [1.54, 1.807) is 43.3 Å². The third-order valence-corrected chi connectivity index (χ3v) is 4.50. The van der Waals surface area contributed by atoms with Gasteiger partial charge in [-0.05, 0) is 24.6 Å². The Hall–Kier alpha value is -2.21. The molecule has 2 aromatic carbocycles. The quantitative estimate of drug-likeness (QED) is 0.533. The van der Waals surface area contributed by atoms with Gasteiger partial charge in [-0.15, -0.1) is 0 Å². The van der Waals surface area contributed by atoms with E-state index in [4.69, 9.17) is 5.73 Å². The molecule has 0 saturated heterocycles. The van der Waals surface area contributed by atoms with Crippen LogP contribution in [-0.4, -0.2) is 9.13 Å². The molecule has 1 atom stereocenters. The SMILES string of the molecule is Cc1c(CS(=O)c2ccccc2N)cccc1[N+](=O)[O-]. The van der Waals surface area contributed by atoms with Gasteiger partial charge in [0.15, 0.2) is 0 Å².